The van der Waals surface area contributed by atoms with Crippen LogP contribution in [0.25, 0.3) is 0 Å². The van der Waals surface area contributed by atoms with Gasteiger partial charge >= 0.3 is 0 Å². The van der Waals surface area contributed by atoms with Crippen molar-refractivity contribution >= 4 is 17.7 Å². The zero-order chi connectivity index (χ0) is 18.0. The Morgan fingerprint density at radius 1 is 1.08 bits per heavy atom. The number of pyridine rings is 1. The molecule has 6 heteroatoms. The molecule has 0 atom stereocenters. The molecule has 1 aromatic carbocycles. The van der Waals surface area contributed by atoms with Gasteiger partial charge in [0.25, 0.3) is 17.7 Å². The molecule has 128 valence electrons. The Kier molecular flexibility index (Phi) is 4.61. The summed E-state index contributed by atoms with van der Waals surface area (Å²) in [7, 11) is 0. The fourth-order valence-electron chi connectivity index (χ4n) is 2.75. The summed E-state index contributed by atoms with van der Waals surface area (Å²) in [4.78, 5) is 42.3. The van der Waals surface area contributed by atoms with Crippen molar-refractivity contribution in [1.82, 2.24) is 15.2 Å². The lowest BCUT2D eigenvalue weighted by molar-refractivity contribution is 0.0636. The quantitative estimate of drug-likeness (QED) is 0.849. The molecular formula is C19H19N3O3. The minimum atomic E-state index is -0.336. The van der Waals surface area contributed by atoms with Gasteiger partial charge in [0, 0.05) is 31.0 Å². The molecule has 1 aromatic heterocycles. The number of amides is 3. The van der Waals surface area contributed by atoms with Crippen molar-refractivity contribution in [2.45, 2.75) is 20.4 Å². The number of carbonyl (C=O) groups is 3. The third-order valence-electron chi connectivity index (χ3n) is 3.98. The monoisotopic (exact) mass is 337 g/mol. The van der Waals surface area contributed by atoms with Crippen LogP contribution in [0.4, 0.5) is 0 Å². The number of aromatic nitrogens is 1. The summed E-state index contributed by atoms with van der Waals surface area (Å²) in [6.45, 7) is 4.63. The first-order valence-corrected chi connectivity index (χ1v) is 8.14. The highest BCUT2D eigenvalue weighted by atomic mass is 16.2. The molecule has 1 aliphatic heterocycles. The van der Waals surface area contributed by atoms with Crippen LogP contribution in [0, 0.1) is 5.92 Å². The van der Waals surface area contributed by atoms with Crippen LogP contribution < -0.4 is 5.32 Å². The molecule has 0 saturated carbocycles. The van der Waals surface area contributed by atoms with E-state index in [1.807, 2.05) is 26.0 Å². The summed E-state index contributed by atoms with van der Waals surface area (Å²) in [6.07, 6.45) is 3.31. The van der Waals surface area contributed by atoms with Gasteiger partial charge in [-0.2, -0.15) is 0 Å². The van der Waals surface area contributed by atoms with E-state index in [4.69, 9.17) is 0 Å². The second kappa shape index (κ2) is 6.84. The maximum absolute atomic E-state index is 12.5. The number of fused-ring (bicyclic) bond motifs is 1. The summed E-state index contributed by atoms with van der Waals surface area (Å²) < 4.78 is 0. The van der Waals surface area contributed by atoms with Crippen LogP contribution in [0.3, 0.4) is 0 Å². The number of carbonyl (C=O) groups excluding carboxylic acids is 3. The minimum absolute atomic E-state index is 0.186. The van der Waals surface area contributed by atoms with Crippen LogP contribution >= 0.6 is 0 Å². The van der Waals surface area contributed by atoms with Crippen molar-refractivity contribution < 1.29 is 14.4 Å². The second-order valence-electron chi connectivity index (χ2n) is 6.41. The van der Waals surface area contributed by atoms with E-state index in [1.54, 1.807) is 24.5 Å². The van der Waals surface area contributed by atoms with Crippen molar-refractivity contribution in [2.24, 2.45) is 5.92 Å². The third-order valence-corrected chi connectivity index (χ3v) is 3.98. The van der Waals surface area contributed by atoms with E-state index >= 15 is 0 Å². The molecule has 0 saturated heterocycles. The fraction of sp³-hybridized carbons (Fsp3) is 0.263. The molecule has 0 unspecified atom stereocenters. The van der Waals surface area contributed by atoms with Crippen LogP contribution in [-0.4, -0.2) is 34.2 Å². The summed E-state index contributed by atoms with van der Waals surface area (Å²) in [5, 5.41) is 2.80. The molecule has 25 heavy (non-hydrogen) atoms. The molecule has 2 aromatic rings. The van der Waals surface area contributed by atoms with Gasteiger partial charge in [-0.1, -0.05) is 13.8 Å². The topological polar surface area (TPSA) is 79.4 Å². The van der Waals surface area contributed by atoms with Crippen LogP contribution in [0.2, 0.25) is 0 Å². The molecule has 3 amide bonds. The highest BCUT2D eigenvalue weighted by Gasteiger charge is 2.36. The number of benzene rings is 1. The van der Waals surface area contributed by atoms with Crippen molar-refractivity contribution in [2.75, 3.05) is 6.54 Å². The van der Waals surface area contributed by atoms with E-state index in [1.165, 1.54) is 11.0 Å². The van der Waals surface area contributed by atoms with E-state index in [9.17, 15) is 14.4 Å². The molecule has 0 fully saturated rings. The average Bonchev–Trinajstić information content (AvgIpc) is 2.84. The highest BCUT2D eigenvalue weighted by molar-refractivity contribution is 6.22. The van der Waals surface area contributed by atoms with Crippen LogP contribution in [-0.2, 0) is 6.54 Å². The number of nitrogens with one attached hydrogen (secondary N) is 1. The van der Waals surface area contributed by atoms with E-state index < -0.39 is 0 Å². The maximum Gasteiger partial charge on any atom is 0.261 e. The lowest BCUT2D eigenvalue weighted by Crippen LogP contribution is -2.33. The summed E-state index contributed by atoms with van der Waals surface area (Å²) in [5.74, 6) is -0.734. The van der Waals surface area contributed by atoms with Gasteiger partial charge in [-0.25, -0.2) is 0 Å². The van der Waals surface area contributed by atoms with Crippen LogP contribution in [0.15, 0.2) is 42.7 Å². The average molecular weight is 337 g/mol. The lowest BCUT2D eigenvalue weighted by atomic mass is 10.1. The Labute approximate surface area is 145 Å². The van der Waals surface area contributed by atoms with Gasteiger partial charge in [-0.05, 0) is 41.8 Å². The normalized spacial score (nSPS) is 13.3. The number of hydrogen-bond donors (Lipinski definition) is 1. The van der Waals surface area contributed by atoms with Gasteiger partial charge in [-0.15, -0.1) is 0 Å². The van der Waals surface area contributed by atoms with E-state index in [0.29, 0.717) is 29.8 Å². The SMILES string of the molecule is CC(C)CN1C(=O)c2ccc(C(=O)NCc3ccncc3)cc2C1=O. The molecule has 0 radical (unpaired) electrons. The highest BCUT2D eigenvalue weighted by Crippen LogP contribution is 2.24. The maximum atomic E-state index is 12.5. The molecule has 1 N–H and O–H groups in total. The Morgan fingerprint density at radius 3 is 2.44 bits per heavy atom. The Hall–Kier alpha value is -3.02. The zero-order valence-corrected chi connectivity index (χ0v) is 14.2. The third kappa shape index (κ3) is 3.42. The molecule has 3 rings (SSSR count). The number of imide groups is 1. The van der Waals surface area contributed by atoms with E-state index in [-0.39, 0.29) is 23.6 Å². The molecular weight excluding hydrogens is 318 g/mol. The summed E-state index contributed by atoms with van der Waals surface area (Å²) in [6, 6.07) is 8.25. The first kappa shape index (κ1) is 16.8. The molecule has 2 heterocycles. The molecule has 0 aliphatic carbocycles. The first-order chi connectivity index (χ1) is 12.0. The summed E-state index contributed by atoms with van der Waals surface area (Å²) >= 11 is 0. The second-order valence-corrected chi connectivity index (χ2v) is 6.41. The Bertz CT molecular complexity index is 831. The molecule has 6 nitrogen and oxygen atoms in total. The number of hydrogen-bond acceptors (Lipinski definition) is 4. The smallest absolute Gasteiger partial charge is 0.261 e. The number of rotatable bonds is 5. The Balaban J connectivity index is 1.76. The predicted octanol–water partition coefficient (Wildman–Crippen LogP) is 2.26. The van der Waals surface area contributed by atoms with Gasteiger partial charge in [0.1, 0.15) is 0 Å². The zero-order valence-electron chi connectivity index (χ0n) is 14.2. The van der Waals surface area contributed by atoms with Gasteiger partial charge < -0.3 is 5.32 Å². The molecule has 0 spiro atoms. The molecule has 1 aliphatic rings. The largest absolute Gasteiger partial charge is 0.348 e. The van der Waals surface area contributed by atoms with Gasteiger partial charge in [-0.3, -0.25) is 24.3 Å². The van der Waals surface area contributed by atoms with Crippen molar-refractivity contribution in [3.05, 3.63) is 65.0 Å². The van der Waals surface area contributed by atoms with E-state index in [0.717, 1.165) is 5.56 Å². The van der Waals surface area contributed by atoms with Gasteiger partial charge in [0.2, 0.25) is 0 Å². The standard InChI is InChI=1S/C19H19N3O3/c1-12(2)11-22-18(24)15-4-3-14(9-16(15)19(22)25)17(23)21-10-13-5-7-20-8-6-13/h3-9,12H,10-11H2,1-2H3,(H,21,23). The minimum Gasteiger partial charge on any atom is -0.348 e. The first-order valence-electron chi connectivity index (χ1n) is 8.14. The predicted molar refractivity (Wildman–Crippen MR) is 92.1 cm³/mol. The van der Waals surface area contributed by atoms with Gasteiger partial charge in [0.05, 0.1) is 11.1 Å². The Morgan fingerprint density at radius 2 is 1.76 bits per heavy atom. The van der Waals surface area contributed by atoms with Crippen molar-refractivity contribution in [1.29, 1.82) is 0 Å². The van der Waals surface area contributed by atoms with Crippen molar-refractivity contribution in [3.63, 3.8) is 0 Å². The van der Waals surface area contributed by atoms with Crippen LogP contribution in [0.1, 0.15) is 50.5 Å². The van der Waals surface area contributed by atoms with E-state index in [2.05, 4.69) is 10.3 Å². The fourth-order valence-corrected chi connectivity index (χ4v) is 2.75. The molecule has 0 bridgehead atoms. The van der Waals surface area contributed by atoms with Gasteiger partial charge in [0.15, 0.2) is 0 Å². The lowest BCUT2D eigenvalue weighted by Gasteiger charge is -2.15. The number of nitrogens with zero attached hydrogens (tertiary/aromatic N) is 2. The van der Waals surface area contributed by atoms with Crippen LogP contribution in [0.5, 0.6) is 0 Å². The van der Waals surface area contributed by atoms with Crippen molar-refractivity contribution in [3.8, 4) is 0 Å². The summed E-state index contributed by atoms with van der Waals surface area (Å²) in [5.41, 5.74) is 1.94.